The van der Waals surface area contributed by atoms with Gasteiger partial charge in [-0.2, -0.15) is 0 Å². The number of nitrogens with one attached hydrogen (secondary N) is 1. The number of nitrogens with zero attached hydrogens (tertiary/aromatic N) is 1. The highest BCUT2D eigenvalue weighted by molar-refractivity contribution is 5.92. The number of hydrogen-bond donors (Lipinski definition) is 1. The van der Waals surface area contributed by atoms with Gasteiger partial charge in [-0.25, -0.2) is 4.98 Å². The minimum atomic E-state index is -0.0608. The molecule has 0 fully saturated rings. The van der Waals surface area contributed by atoms with E-state index < -0.39 is 0 Å². The lowest BCUT2D eigenvalue weighted by Gasteiger charge is -2.09. The number of ether oxygens (including phenoxy) is 2. The van der Waals surface area contributed by atoms with Gasteiger partial charge in [0, 0.05) is 19.0 Å². The fourth-order valence-corrected chi connectivity index (χ4v) is 2.64. The van der Waals surface area contributed by atoms with Crippen LogP contribution in [0.4, 0.5) is 5.69 Å². The molecule has 130 valence electrons. The van der Waals surface area contributed by atoms with Crippen molar-refractivity contribution in [2.24, 2.45) is 0 Å². The molecule has 1 heterocycles. The third-order valence-corrected chi connectivity index (χ3v) is 3.87. The van der Waals surface area contributed by atoms with Crippen LogP contribution in [-0.2, 0) is 11.2 Å². The van der Waals surface area contributed by atoms with E-state index in [9.17, 15) is 4.79 Å². The highest BCUT2D eigenvalue weighted by Gasteiger charge is 2.09. The summed E-state index contributed by atoms with van der Waals surface area (Å²) < 4.78 is 15.9. The van der Waals surface area contributed by atoms with Crippen LogP contribution in [0, 0.1) is 6.92 Å². The van der Waals surface area contributed by atoms with Crippen molar-refractivity contribution in [3.05, 3.63) is 47.9 Å². The van der Waals surface area contributed by atoms with Crippen molar-refractivity contribution < 1.29 is 18.7 Å². The molecule has 0 unspecified atom stereocenters. The Morgan fingerprint density at radius 2 is 1.92 bits per heavy atom. The molecule has 0 saturated heterocycles. The SMILES string of the molecule is COc1ccc(CCC(=O)Nc2ccc3oc(C)nc3c2)cc1OC. The second-order valence-electron chi connectivity index (χ2n) is 5.65. The number of carbonyl (C=O) groups is 1. The number of hydrogen-bond acceptors (Lipinski definition) is 5. The zero-order valence-electron chi connectivity index (χ0n) is 14.5. The Labute approximate surface area is 145 Å². The van der Waals surface area contributed by atoms with Gasteiger partial charge in [0.2, 0.25) is 5.91 Å². The lowest BCUT2D eigenvalue weighted by atomic mass is 10.1. The Morgan fingerprint density at radius 3 is 2.68 bits per heavy atom. The maximum atomic E-state index is 12.2. The zero-order chi connectivity index (χ0) is 17.8. The highest BCUT2D eigenvalue weighted by atomic mass is 16.5. The van der Waals surface area contributed by atoms with Crippen molar-refractivity contribution in [2.45, 2.75) is 19.8 Å². The molecule has 1 N–H and O–H groups in total. The van der Waals surface area contributed by atoms with Crippen LogP contribution in [-0.4, -0.2) is 25.1 Å². The summed E-state index contributed by atoms with van der Waals surface area (Å²) in [6.07, 6.45) is 0.975. The number of aromatic nitrogens is 1. The smallest absolute Gasteiger partial charge is 0.224 e. The Kier molecular flexibility index (Phi) is 4.88. The molecule has 0 saturated carbocycles. The fourth-order valence-electron chi connectivity index (χ4n) is 2.64. The molecule has 0 spiro atoms. The average molecular weight is 340 g/mol. The number of oxazole rings is 1. The van der Waals surface area contributed by atoms with Crippen LogP contribution in [0.5, 0.6) is 11.5 Å². The Balaban J connectivity index is 1.62. The van der Waals surface area contributed by atoms with E-state index in [0.29, 0.717) is 41.5 Å². The largest absolute Gasteiger partial charge is 0.493 e. The first kappa shape index (κ1) is 16.8. The van der Waals surface area contributed by atoms with Crippen molar-refractivity contribution >= 4 is 22.7 Å². The van der Waals surface area contributed by atoms with E-state index in [1.54, 1.807) is 39.3 Å². The molecule has 6 nitrogen and oxygen atoms in total. The summed E-state index contributed by atoms with van der Waals surface area (Å²) >= 11 is 0. The highest BCUT2D eigenvalue weighted by Crippen LogP contribution is 2.28. The summed E-state index contributed by atoms with van der Waals surface area (Å²) in [7, 11) is 3.19. The third kappa shape index (κ3) is 3.91. The van der Waals surface area contributed by atoms with Gasteiger partial charge in [-0.1, -0.05) is 6.07 Å². The quantitative estimate of drug-likeness (QED) is 0.740. The summed E-state index contributed by atoms with van der Waals surface area (Å²) in [6, 6.07) is 11.1. The maximum absolute atomic E-state index is 12.2. The Bertz CT molecular complexity index is 902. The van der Waals surface area contributed by atoms with E-state index in [1.807, 2.05) is 18.2 Å². The molecule has 3 aromatic rings. The van der Waals surface area contributed by atoms with E-state index in [4.69, 9.17) is 13.9 Å². The van der Waals surface area contributed by atoms with E-state index in [0.717, 1.165) is 11.1 Å². The molecule has 0 radical (unpaired) electrons. The molecule has 0 aliphatic carbocycles. The topological polar surface area (TPSA) is 73.6 Å². The molecule has 0 aliphatic rings. The van der Waals surface area contributed by atoms with Crippen molar-refractivity contribution in [1.82, 2.24) is 4.98 Å². The van der Waals surface area contributed by atoms with Crippen molar-refractivity contribution in [3.8, 4) is 11.5 Å². The van der Waals surface area contributed by atoms with Crippen LogP contribution in [0.2, 0.25) is 0 Å². The van der Waals surface area contributed by atoms with Gasteiger partial charge in [0.25, 0.3) is 0 Å². The van der Waals surface area contributed by atoms with Crippen molar-refractivity contribution in [2.75, 3.05) is 19.5 Å². The molecular weight excluding hydrogens is 320 g/mol. The van der Waals surface area contributed by atoms with E-state index in [2.05, 4.69) is 10.3 Å². The van der Waals surface area contributed by atoms with E-state index in [-0.39, 0.29) is 5.91 Å². The molecule has 0 atom stereocenters. The summed E-state index contributed by atoms with van der Waals surface area (Å²) in [5, 5.41) is 2.89. The van der Waals surface area contributed by atoms with E-state index in [1.165, 1.54) is 0 Å². The van der Waals surface area contributed by atoms with Gasteiger partial charge in [-0.15, -0.1) is 0 Å². The molecule has 1 aromatic heterocycles. The summed E-state index contributed by atoms with van der Waals surface area (Å²) in [6.45, 7) is 1.79. The number of methoxy groups -OCH3 is 2. The van der Waals surface area contributed by atoms with Crippen molar-refractivity contribution in [1.29, 1.82) is 0 Å². The second kappa shape index (κ2) is 7.25. The van der Waals surface area contributed by atoms with Gasteiger partial charge < -0.3 is 19.2 Å². The fraction of sp³-hybridized carbons (Fsp3) is 0.263. The molecule has 1 amide bonds. The minimum Gasteiger partial charge on any atom is -0.493 e. The predicted octanol–water partition coefficient (Wildman–Crippen LogP) is 3.72. The van der Waals surface area contributed by atoms with Gasteiger partial charge in [0.1, 0.15) is 5.52 Å². The lowest BCUT2D eigenvalue weighted by Crippen LogP contribution is -2.12. The number of rotatable bonds is 6. The first-order chi connectivity index (χ1) is 12.1. The molecule has 0 bridgehead atoms. The minimum absolute atomic E-state index is 0.0608. The summed E-state index contributed by atoms with van der Waals surface area (Å²) in [5.74, 6) is 1.88. The average Bonchev–Trinajstić information content (AvgIpc) is 2.99. The van der Waals surface area contributed by atoms with Gasteiger partial charge in [0.05, 0.1) is 14.2 Å². The zero-order valence-corrected chi connectivity index (χ0v) is 14.5. The van der Waals surface area contributed by atoms with Gasteiger partial charge in [-0.3, -0.25) is 4.79 Å². The summed E-state index contributed by atoms with van der Waals surface area (Å²) in [4.78, 5) is 16.5. The van der Waals surface area contributed by atoms with Gasteiger partial charge in [-0.05, 0) is 42.3 Å². The standard InChI is InChI=1S/C19H20N2O4/c1-12-20-15-11-14(6-8-16(15)25-12)21-19(22)9-5-13-4-7-17(23-2)18(10-13)24-3/h4,6-8,10-11H,5,9H2,1-3H3,(H,21,22). The number of aryl methyl sites for hydroxylation is 2. The van der Waals surface area contributed by atoms with Crippen LogP contribution < -0.4 is 14.8 Å². The molecular formula is C19H20N2O4. The molecule has 0 aliphatic heterocycles. The predicted molar refractivity (Wildman–Crippen MR) is 95.2 cm³/mol. The monoisotopic (exact) mass is 340 g/mol. The first-order valence-electron chi connectivity index (χ1n) is 7.97. The molecule has 2 aromatic carbocycles. The Hall–Kier alpha value is -3.02. The molecule has 6 heteroatoms. The molecule has 25 heavy (non-hydrogen) atoms. The second-order valence-corrected chi connectivity index (χ2v) is 5.65. The van der Waals surface area contributed by atoms with Crippen LogP contribution in [0.25, 0.3) is 11.1 Å². The normalized spacial score (nSPS) is 10.7. The van der Waals surface area contributed by atoms with Crippen molar-refractivity contribution in [3.63, 3.8) is 0 Å². The Morgan fingerprint density at radius 1 is 1.12 bits per heavy atom. The number of amides is 1. The van der Waals surface area contributed by atoms with Crippen LogP contribution >= 0.6 is 0 Å². The first-order valence-corrected chi connectivity index (χ1v) is 7.97. The van der Waals surface area contributed by atoms with E-state index >= 15 is 0 Å². The number of carbonyl (C=O) groups excluding carboxylic acids is 1. The number of benzene rings is 2. The summed E-state index contributed by atoms with van der Waals surface area (Å²) in [5.41, 5.74) is 3.16. The van der Waals surface area contributed by atoms with Gasteiger partial charge in [0.15, 0.2) is 23.0 Å². The van der Waals surface area contributed by atoms with Gasteiger partial charge >= 0.3 is 0 Å². The number of anilines is 1. The van der Waals surface area contributed by atoms with Crippen LogP contribution in [0.3, 0.4) is 0 Å². The van der Waals surface area contributed by atoms with Crippen LogP contribution in [0.1, 0.15) is 17.9 Å². The third-order valence-electron chi connectivity index (χ3n) is 3.87. The van der Waals surface area contributed by atoms with Crippen LogP contribution in [0.15, 0.2) is 40.8 Å². The molecule has 3 rings (SSSR count). The number of fused-ring (bicyclic) bond motifs is 1. The maximum Gasteiger partial charge on any atom is 0.224 e. The lowest BCUT2D eigenvalue weighted by molar-refractivity contribution is -0.116.